The van der Waals surface area contributed by atoms with Crippen molar-refractivity contribution in [1.82, 2.24) is 10.2 Å². The van der Waals surface area contributed by atoms with Gasteiger partial charge >= 0.3 is 0 Å². The smallest absolute Gasteiger partial charge is 0.237 e. The molecule has 2 saturated carbocycles. The first-order chi connectivity index (χ1) is 13.0. The van der Waals surface area contributed by atoms with Gasteiger partial charge in [0, 0.05) is 12.6 Å². The predicted molar refractivity (Wildman–Crippen MR) is 97.9 cm³/mol. The number of nitrogens with one attached hydrogen (secondary N) is 1. The fourth-order valence-corrected chi connectivity index (χ4v) is 5.36. The number of nitriles is 1. The summed E-state index contributed by atoms with van der Waals surface area (Å²) in [5.74, 6) is 0.572. The zero-order valence-corrected chi connectivity index (χ0v) is 15.4. The average molecular weight is 371 g/mol. The summed E-state index contributed by atoms with van der Waals surface area (Å²) in [6.45, 7) is 0.962. The molecule has 3 fully saturated rings. The molecule has 4 rings (SSSR count). The quantitative estimate of drug-likeness (QED) is 0.852. The number of halogens is 1. The van der Waals surface area contributed by atoms with Gasteiger partial charge in [0.2, 0.25) is 5.91 Å². The molecule has 3 atom stereocenters. The largest absolute Gasteiger partial charge is 0.385 e. The van der Waals surface area contributed by atoms with Crippen molar-refractivity contribution >= 4 is 5.91 Å². The van der Waals surface area contributed by atoms with Gasteiger partial charge in [0.1, 0.15) is 11.9 Å². The number of benzene rings is 1. The van der Waals surface area contributed by atoms with E-state index in [1.54, 1.807) is 17.0 Å². The molecular formula is C21H26FN3O2. The van der Waals surface area contributed by atoms with Crippen molar-refractivity contribution in [2.45, 2.75) is 56.2 Å². The van der Waals surface area contributed by atoms with Gasteiger partial charge in [0.15, 0.2) is 0 Å². The van der Waals surface area contributed by atoms with Crippen LogP contribution < -0.4 is 5.32 Å². The van der Waals surface area contributed by atoms with Crippen LogP contribution in [0.5, 0.6) is 0 Å². The van der Waals surface area contributed by atoms with E-state index < -0.39 is 5.60 Å². The number of hydrogen-bond donors (Lipinski definition) is 2. The molecule has 1 heterocycles. The highest BCUT2D eigenvalue weighted by molar-refractivity contribution is 5.79. The molecule has 1 aromatic rings. The van der Waals surface area contributed by atoms with E-state index in [0.717, 1.165) is 31.2 Å². The van der Waals surface area contributed by atoms with Crippen LogP contribution in [0.4, 0.5) is 4.39 Å². The third-order valence-electron chi connectivity index (χ3n) is 6.69. The summed E-state index contributed by atoms with van der Waals surface area (Å²) >= 11 is 0. The summed E-state index contributed by atoms with van der Waals surface area (Å²) in [6, 6.07) is 8.41. The van der Waals surface area contributed by atoms with E-state index >= 15 is 0 Å². The van der Waals surface area contributed by atoms with Crippen LogP contribution in [0.15, 0.2) is 24.3 Å². The lowest BCUT2D eigenvalue weighted by Gasteiger charge is -2.26. The lowest BCUT2D eigenvalue weighted by Crippen LogP contribution is -2.43. The molecule has 1 aliphatic heterocycles. The fraction of sp³-hybridized carbons (Fsp3) is 0.619. The van der Waals surface area contributed by atoms with Gasteiger partial charge in [-0.15, -0.1) is 0 Å². The SMILES string of the molecule is N#C[C@@H]1CCCN1C(=O)CNC1CC2CC(O)(c3ccc(F)cc3)CC2C1. The first-order valence-electron chi connectivity index (χ1n) is 9.89. The van der Waals surface area contributed by atoms with E-state index in [1.807, 2.05) is 0 Å². The lowest BCUT2D eigenvalue weighted by molar-refractivity contribution is -0.130. The molecule has 6 heteroatoms. The van der Waals surface area contributed by atoms with Gasteiger partial charge in [0.25, 0.3) is 0 Å². The first-order valence-corrected chi connectivity index (χ1v) is 9.89. The third-order valence-corrected chi connectivity index (χ3v) is 6.69. The Bertz CT molecular complexity index is 731. The third kappa shape index (κ3) is 3.59. The molecule has 0 spiro atoms. The van der Waals surface area contributed by atoms with Crippen LogP contribution in [-0.2, 0) is 10.4 Å². The molecule has 144 valence electrons. The van der Waals surface area contributed by atoms with Crippen LogP contribution in [0.2, 0.25) is 0 Å². The van der Waals surface area contributed by atoms with Crippen molar-refractivity contribution in [3.05, 3.63) is 35.6 Å². The van der Waals surface area contributed by atoms with Gasteiger partial charge in [0.05, 0.1) is 18.2 Å². The number of rotatable bonds is 4. The average Bonchev–Trinajstić information content (AvgIpc) is 3.33. The highest BCUT2D eigenvalue weighted by Crippen LogP contribution is 2.52. The molecule has 2 unspecified atom stereocenters. The van der Waals surface area contributed by atoms with E-state index in [2.05, 4.69) is 11.4 Å². The molecule has 2 aliphatic carbocycles. The topological polar surface area (TPSA) is 76.4 Å². The standard InChI is InChI=1S/C21H26FN3O2/c22-17-5-3-16(4-6-17)21(27)10-14-8-18(9-15(14)11-21)24-13-20(26)25-7-1-2-19(25)12-23/h3-6,14-15,18-19,24,27H,1-2,7-11,13H2/t14?,15?,18?,19-,21?/m0/s1. The number of likely N-dealkylation sites (tertiary alicyclic amines) is 1. The highest BCUT2D eigenvalue weighted by atomic mass is 19.1. The second-order valence-corrected chi connectivity index (χ2v) is 8.39. The van der Waals surface area contributed by atoms with Crippen LogP contribution in [0.1, 0.15) is 44.1 Å². The summed E-state index contributed by atoms with van der Waals surface area (Å²) in [7, 11) is 0. The molecule has 1 amide bonds. The van der Waals surface area contributed by atoms with Gasteiger partial charge in [-0.1, -0.05) is 12.1 Å². The minimum atomic E-state index is -0.862. The van der Waals surface area contributed by atoms with Crippen LogP contribution in [0, 0.1) is 29.0 Å². The monoisotopic (exact) mass is 371 g/mol. The zero-order valence-electron chi connectivity index (χ0n) is 15.4. The van der Waals surface area contributed by atoms with Crippen molar-refractivity contribution < 1.29 is 14.3 Å². The number of nitrogens with zero attached hydrogens (tertiary/aromatic N) is 2. The molecule has 5 nitrogen and oxygen atoms in total. The number of fused-ring (bicyclic) bond motifs is 1. The number of carbonyl (C=O) groups is 1. The summed E-state index contributed by atoms with van der Waals surface area (Å²) in [5, 5.41) is 23.5. The van der Waals surface area contributed by atoms with E-state index in [0.29, 0.717) is 31.2 Å². The lowest BCUT2D eigenvalue weighted by atomic mass is 9.89. The molecule has 27 heavy (non-hydrogen) atoms. The molecule has 1 aromatic carbocycles. The molecule has 0 bridgehead atoms. The molecule has 0 radical (unpaired) electrons. The van der Waals surface area contributed by atoms with Gasteiger partial charge in [-0.25, -0.2) is 4.39 Å². The minimum Gasteiger partial charge on any atom is -0.385 e. The zero-order chi connectivity index (χ0) is 19.0. The number of amides is 1. The molecular weight excluding hydrogens is 345 g/mol. The van der Waals surface area contributed by atoms with Crippen LogP contribution >= 0.6 is 0 Å². The van der Waals surface area contributed by atoms with Crippen molar-refractivity contribution in [2.24, 2.45) is 11.8 Å². The predicted octanol–water partition coefficient (Wildman–Crippen LogP) is 2.31. The van der Waals surface area contributed by atoms with E-state index in [9.17, 15) is 14.3 Å². The summed E-state index contributed by atoms with van der Waals surface area (Å²) in [6.07, 6.45) is 4.96. The van der Waals surface area contributed by atoms with Crippen LogP contribution in [0.25, 0.3) is 0 Å². The molecule has 0 aromatic heterocycles. The second-order valence-electron chi connectivity index (χ2n) is 8.39. The molecule has 1 saturated heterocycles. The highest BCUT2D eigenvalue weighted by Gasteiger charge is 2.49. The van der Waals surface area contributed by atoms with Gasteiger partial charge < -0.3 is 15.3 Å². The Morgan fingerprint density at radius 3 is 2.59 bits per heavy atom. The van der Waals surface area contributed by atoms with Gasteiger partial charge in [-0.05, 0) is 68.1 Å². The first kappa shape index (κ1) is 18.4. The Balaban J connectivity index is 1.29. The van der Waals surface area contributed by atoms with Crippen molar-refractivity contribution in [2.75, 3.05) is 13.1 Å². The van der Waals surface area contributed by atoms with Gasteiger partial charge in [-0.3, -0.25) is 4.79 Å². The maximum atomic E-state index is 13.2. The van der Waals surface area contributed by atoms with Gasteiger partial charge in [-0.2, -0.15) is 5.26 Å². The Kier molecular flexibility index (Phi) is 4.92. The Morgan fingerprint density at radius 2 is 1.96 bits per heavy atom. The maximum absolute atomic E-state index is 13.2. The Labute approximate surface area is 159 Å². The summed E-state index contributed by atoms with van der Waals surface area (Å²) in [4.78, 5) is 14.1. The fourth-order valence-electron chi connectivity index (χ4n) is 5.36. The number of hydrogen-bond acceptors (Lipinski definition) is 4. The second kappa shape index (κ2) is 7.21. The van der Waals surface area contributed by atoms with Crippen LogP contribution in [-0.4, -0.2) is 41.1 Å². The number of carbonyl (C=O) groups excluding carboxylic acids is 1. The maximum Gasteiger partial charge on any atom is 0.237 e. The van der Waals surface area contributed by atoms with Crippen molar-refractivity contribution in [3.63, 3.8) is 0 Å². The Morgan fingerprint density at radius 1 is 1.30 bits per heavy atom. The normalized spacial score (nSPS) is 35.2. The molecule has 2 N–H and O–H groups in total. The van der Waals surface area contributed by atoms with Crippen LogP contribution in [0.3, 0.4) is 0 Å². The van der Waals surface area contributed by atoms with Crippen molar-refractivity contribution in [3.8, 4) is 6.07 Å². The van der Waals surface area contributed by atoms with E-state index in [1.165, 1.54) is 12.1 Å². The summed E-state index contributed by atoms with van der Waals surface area (Å²) < 4.78 is 13.2. The van der Waals surface area contributed by atoms with E-state index in [-0.39, 0.29) is 30.4 Å². The van der Waals surface area contributed by atoms with Crippen molar-refractivity contribution in [1.29, 1.82) is 5.26 Å². The minimum absolute atomic E-state index is 0.0129. The number of aliphatic hydroxyl groups is 1. The molecule has 3 aliphatic rings. The van der Waals surface area contributed by atoms with E-state index in [4.69, 9.17) is 5.26 Å². The Hall–Kier alpha value is -1.97. The summed E-state index contributed by atoms with van der Waals surface area (Å²) in [5.41, 5.74) is -0.0612.